The molecule has 0 radical (unpaired) electrons. The third-order valence-electron chi connectivity index (χ3n) is 7.05. The largest absolute Gasteiger partial charge is 0.454 e. The number of carbonyl (C=O) groups is 2. The highest BCUT2D eigenvalue weighted by molar-refractivity contribution is 7.92. The van der Waals surface area contributed by atoms with Crippen molar-refractivity contribution in [2.24, 2.45) is 0 Å². The van der Waals surface area contributed by atoms with E-state index in [0.717, 1.165) is 30.0 Å². The zero-order valence-electron chi connectivity index (χ0n) is 22.0. The van der Waals surface area contributed by atoms with Gasteiger partial charge in [0.2, 0.25) is 28.6 Å². The first-order valence-corrected chi connectivity index (χ1v) is 15.4. The molecule has 2 amide bonds. The Morgan fingerprint density at radius 3 is 2.41 bits per heavy atom. The molecule has 1 N–H and O–H groups in total. The first-order chi connectivity index (χ1) is 18.6. The van der Waals surface area contributed by atoms with Gasteiger partial charge in [-0.1, -0.05) is 49.0 Å². The Labute approximate surface area is 239 Å². The lowest BCUT2D eigenvalue weighted by Crippen LogP contribution is -2.53. The lowest BCUT2D eigenvalue weighted by Gasteiger charge is -2.33. The fraction of sp³-hybridized carbons (Fsp3) is 0.481. The third kappa shape index (κ3) is 6.91. The maximum atomic E-state index is 13.9. The van der Waals surface area contributed by atoms with Gasteiger partial charge in [-0.05, 0) is 56.0 Å². The average molecular weight is 599 g/mol. The van der Waals surface area contributed by atoms with Gasteiger partial charge in [-0.2, -0.15) is 0 Å². The highest BCUT2D eigenvalue weighted by Gasteiger charge is 2.34. The van der Waals surface area contributed by atoms with Crippen LogP contribution in [0.2, 0.25) is 10.0 Å². The molecule has 1 aliphatic carbocycles. The number of fused-ring (bicyclic) bond motifs is 1. The van der Waals surface area contributed by atoms with Crippen molar-refractivity contribution in [2.75, 3.05) is 23.4 Å². The second-order valence-corrected chi connectivity index (χ2v) is 12.6. The van der Waals surface area contributed by atoms with Gasteiger partial charge in [-0.25, -0.2) is 8.42 Å². The van der Waals surface area contributed by atoms with Crippen LogP contribution in [-0.2, 0) is 26.2 Å². The van der Waals surface area contributed by atoms with E-state index in [-0.39, 0.29) is 36.7 Å². The van der Waals surface area contributed by atoms with Crippen molar-refractivity contribution in [1.29, 1.82) is 0 Å². The van der Waals surface area contributed by atoms with Crippen molar-refractivity contribution in [3.63, 3.8) is 0 Å². The van der Waals surface area contributed by atoms with Gasteiger partial charge in [-0.15, -0.1) is 0 Å². The highest BCUT2D eigenvalue weighted by atomic mass is 35.5. The average Bonchev–Trinajstić information content (AvgIpc) is 3.60. The normalized spacial score (nSPS) is 15.7. The molecule has 0 unspecified atom stereocenters. The van der Waals surface area contributed by atoms with Gasteiger partial charge in [0, 0.05) is 18.7 Å². The van der Waals surface area contributed by atoms with Gasteiger partial charge in [0.25, 0.3) is 0 Å². The number of rotatable bonds is 11. The lowest BCUT2D eigenvalue weighted by atomic mass is 10.1. The molecule has 0 bridgehead atoms. The first kappa shape index (κ1) is 29.3. The molecule has 1 aliphatic heterocycles. The van der Waals surface area contributed by atoms with E-state index in [9.17, 15) is 18.0 Å². The molecule has 2 aromatic rings. The van der Waals surface area contributed by atoms with E-state index < -0.39 is 28.5 Å². The molecule has 0 saturated heterocycles. The molecule has 9 nitrogen and oxygen atoms in total. The predicted octanol–water partition coefficient (Wildman–Crippen LogP) is 4.74. The van der Waals surface area contributed by atoms with Crippen LogP contribution in [0.4, 0.5) is 5.69 Å². The molecule has 1 saturated carbocycles. The number of nitrogens with one attached hydrogen (secondary N) is 1. The number of halogens is 2. The summed E-state index contributed by atoms with van der Waals surface area (Å²) in [6.45, 7) is 2.92. The van der Waals surface area contributed by atoms with Gasteiger partial charge < -0.3 is 19.7 Å². The Morgan fingerprint density at radius 2 is 1.74 bits per heavy atom. The van der Waals surface area contributed by atoms with Crippen LogP contribution >= 0.6 is 23.2 Å². The van der Waals surface area contributed by atoms with Crippen LogP contribution in [0.5, 0.6) is 11.5 Å². The molecule has 2 aliphatic rings. The van der Waals surface area contributed by atoms with E-state index in [1.807, 2.05) is 6.92 Å². The van der Waals surface area contributed by atoms with Gasteiger partial charge in [0.05, 0.1) is 21.5 Å². The van der Waals surface area contributed by atoms with E-state index >= 15 is 0 Å². The minimum Gasteiger partial charge on any atom is -0.454 e. The zero-order chi connectivity index (χ0) is 28.2. The second kappa shape index (κ2) is 12.7. The van der Waals surface area contributed by atoms with Crippen molar-refractivity contribution in [2.45, 2.75) is 64.6 Å². The molecular weight excluding hydrogens is 565 g/mol. The van der Waals surface area contributed by atoms with Crippen LogP contribution in [0, 0.1) is 0 Å². The number of amides is 2. The molecule has 1 fully saturated rings. The van der Waals surface area contributed by atoms with Gasteiger partial charge in [0.1, 0.15) is 12.6 Å². The number of benzene rings is 2. The summed E-state index contributed by atoms with van der Waals surface area (Å²) in [6.07, 6.45) is 4.24. The molecule has 1 atom stereocenters. The van der Waals surface area contributed by atoms with E-state index in [2.05, 4.69) is 5.32 Å². The molecule has 12 heteroatoms. The SMILES string of the molecule is CC[C@H](C(=O)NC1CCCC1)N(Cc1ccc(Cl)c(Cl)c1)C(=O)CN(c1ccc2c(c1)OCO2)S(=O)(=O)CC. The Hall–Kier alpha value is -2.69. The van der Waals surface area contributed by atoms with Crippen LogP contribution in [0.3, 0.4) is 0 Å². The quantitative estimate of drug-likeness (QED) is 0.401. The van der Waals surface area contributed by atoms with Crippen LogP contribution in [-0.4, -0.2) is 56.3 Å². The second-order valence-electron chi connectivity index (χ2n) is 9.63. The summed E-state index contributed by atoms with van der Waals surface area (Å²) >= 11 is 12.3. The van der Waals surface area contributed by atoms with Crippen molar-refractivity contribution in [3.8, 4) is 11.5 Å². The molecule has 212 valence electrons. The fourth-order valence-electron chi connectivity index (χ4n) is 4.88. The minimum absolute atomic E-state index is 0.0317. The number of sulfonamides is 1. The summed E-state index contributed by atoms with van der Waals surface area (Å²) < 4.78 is 38.2. The van der Waals surface area contributed by atoms with Gasteiger partial charge >= 0.3 is 0 Å². The number of ether oxygens (including phenoxy) is 2. The molecule has 0 spiro atoms. The fourth-order valence-corrected chi connectivity index (χ4v) is 6.26. The van der Waals surface area contributed by atoms with E-state index in [0.29, 0.717) is 33.5 Å². The van der Waals surface area contributed by atoms with Crippen LogP contribution in [0.25, 0.3) is 0 Å². The minimum atomic E-state index is -3.87. The van der Waals surface area contributed by atoms with E-state index in [1.54, 1.807) is 30.3 Å². The predicted molar refractivity (Wildman–Crippen MR) is 151 cm³/mol. The lowest BCUT2D eigenvalue weighted by molar-refractivity contribution is -0.140. The van der Waals surface area contributed by atoms with Crippen molar-refractivity contribution < 1.29 is 27.5 Å². The van der Waals surface area contributed by atoms with Crippen molar-refractivity contribution in [1.82, 2.24) is 10.2 Å². The van der Waals surface area contributed by atoms with Gasteiger partial charge in [0.15, 0.2) is 11.5 Å². The van der Waals surface area contributed by atoms with Crippen molar-refractivity contribution >= 4 is 50.7 Å². The van der Waals surface area contributed by atoms with Gasteiger partial charge in [-0.3, -0.25) is 13.9 Å². The summed E-state index contributed by atoms with van der Waals surface area (Å²) in [4.78, 5) is 28.8. The maximum absolute atomic E-state index is 13.9. The zero-order valence-corrected chi connectivity index (χ0v) is 24.3. The standard InChI is InChI=1S/C27H33Cl2N3O6S/c1-3-23(27(34)30-19-7-5-6-8-19)31(15-18-9-11-21(28)22(29)13-18)26(33)16-32(39(35,36)4-2)20-10-12-24-25(14-20)38-17-37-24/h9-14,19,23H,3-8,15-17H2,1-2H3,(H,30,34)/t23-/m1/s1. The number of hydrogen-bond donors (Lipinski definition) is 1. The number of hydrogen-bond acceptors (Lipinski definition) is 6. The Kier molecular flexibility index (Phi) is 9.51. The molecule has 4 rings (SSSR count). The van der Waals surface area contributed by atoms with Crippen molar-refractivity contribution in [3.05, 3.63) is 52.0 Å². The summed E-state index contributed by atoms with van der Waals surface area (Å²) in [5, 5.41) is 3.77. The Balaban J connectivity index is 1.66. The monoisotopic (exact) mass is 597 g/mol. The topological polar surface area (TPSA) is 105 Å². The molecule has 0 aromatic heterocycles. The molecule has 39 heavy (non-hydrogen) atoms. The number of anilines is 1. The van der Waals surface area contributed by atoms with Crippen LogP contribution < -0.4 is 19.1 Å². The molecule has 2 aromatic carbocycles. The summed E-state index contributed by atoms with van der Waals surface area (Å²) in [5.41, 5.74) is 0.935. The third-order valence-corrected chi connectivity index (χ3v) is 9.53. The Morgan fingerprint density at radius 1 is 1.03 bits per heavy atom. The molecular formula is C27H33Cl2N3O6S. The highest BCUT2D eigenvalue weighted by Crippen LogP contribution is 2.36. The summed E-state index contributed by atoms with van der Waals surface area (Å²) in [6, 6.07) is 8.98. The number of carbonyl (C=O) groups excluding carboxylic acids is 2. The Bertz CT molecular complexity index is 1320. The summed E-state index contributed by atoms with van der Waals surface area (Å²) in [5.74, 6) is -0.114. The van der Waals surface area contributed by atoms with E-state index in [4.69, 9.17) is 32.7 Å². The first-order valence-electron chi connectivity index (χ1n) is 13.1. The number of nitrogens with zero attached hydrogens (tertiary/aromatic N) is 2. The molecule has 1 heterocycles. The smallest absolute Gasteiger partial charge is 0.244 e. The maximum Gasteiger partial charge on any atom is 0.244 e. The van der Waals surface area contributed by atoms with E-state index in [1.165, 1.54) is 17.9 Å². The van der Waals surface area contributed by atoms with Crippen LogP contribution in [0.15, 0.2) is 36.4 Å². The van der Waals surface area contributed by atoms with Crippen LogP contribution in [0.1, 0.15) is 51.5 Å². The summed E-state index contributed by atoms with van der Waals surface area (Å²) in [7, 11) is -3.87.